The van der Waals surface area contributed by atoms with E-state index in [9.17, 15) is 4.79 Å². The van der Waals surface area contributed by atoms with E-state index < -0.39 is 0 Å². The minimum Gasteiger partial charge on any atom is -0.382 e. The van der Waals surface area contributed by atoms with Gasteiger partial charge in [-0.3, -0.25) is 4.79 Å². The van der Waals surface area contributed by atoms with Crippen molar-refractivity contribution in [1.29, 1.82) is 0 Å². The third-order valence-electron chi connectivity index (χ3n) is 4.80. The first-order chi connectivity index (χ1) is 11.9. The summed E-state index contributed by atoms with van der Waals surface area (Å²) in [5.41, 5.74) is 3.13. The predicted molar refractivity (Wildman–Crippen MR) is 98.8 cm³/mol. The van der Waals surface area contributed by atoms with E-state index in [0.717, 1.165) is 22.9 Å². The third kappa shape index (κ3) is 3.88. The van der Waals surface area contributed by atoms with Gasteiger partial charge >= 0.3 is 0 Å². The number of aryl methyl sites for hydroxylation is 1. The first kappa shape index (κ1) is 18.0. The Bertz CT molecular complexity index is 750. The fraction of sp³-hybridized carbons (Fsp3) is 0.550. The van der Waals surface area contributed by atoms with Crippen LogP contribution in [0.5, 0.6) is 0 Å². The zero-order valence-corrected chi connectivity index (χ0v) is 15.6. The summed E-state index contributed by atoms with van der Waals surface area (Å²) in [7, 11) is 1.66. The average molecular weight is 344 g/mol. The monoisotopic (exact) mass is 344 g/mol. The first-order valence-corrected chi connectivity index (χ1v) is 8.96. The van der Waals surface area contributed by atoms with Crippen LogP contribution in [-0.4, -0.2) is 54.3 Å². The van der Waals surface area contributed by atoms with Crippen LogP contribution in [-0.2, 0) is 27.1 Å². The molecule has 1 aliphatic heterocycles. The number of nitrogens with zero attached hydrogens (tertiary/aromatic N) is 1. The van der Waals surface area contributed by atoms with E-state index in [4.69, 9.17) is 9.47 Å². The lowest BCUT2D eigenvalue weighted by Crippen LogP contribution is -2.56. The Balaban J connectivity index is 1.78. The molecule has 0 aliphatic carbocycles. The quantitative estimate of drug-likeness (QED) is 0.907. The highest BCUT2D eigenvalue weighted by molar-refractivity contribution is 5.90. The maximum atomic E-state index is 12.9. The number of carbonyl (C=O) groups is 1. The van der Waals surface area contributed by atoms with Crippen LogP contribution >= 0.6 is 0 Å². The molecule has 2 heterocycles. The number of aromatic nitrogens is 1. The number of H-pyrrole nitrogens is 1. The van der Waals surface area contributed by atoms with E-state index in [2.05, 4.69) is 30.1 Å². The van der Waals surface area contributed by atoms with Gasteiger partial charge in [-0.1, -0.05) is 25.1 Å². The molecule has 1 aromatic heterocycles. The largest absolute Gasteiger partial charge is 0.382 e. The molecule has 136 valence electrons. The lowest BCUT2D eigenvalue weighted by Gasteiger charge is -2.42. The summed E-state index contributed by atoms with van der Waals surface area (Å²) < 4.78 is 11.2. The Labute approximate surface area is 149 Å². The number of hydrogen-bond acceptors (Lipinski definition) is 3. The molecule has 1 aromatic carbocycles. The number of fused-ring (bicyclic) bond motifs is 1. The first-order valence-electron chi connectivity index (χ1n) is 8.96. The minimum absolute atomic E-state index is 0.0765. The Morgan fingerprint density at radius 1 is 1.40 bits per heavy atom. The average Bonchev–Trinajstić information content (AvgIpc) is 2.96. The number of aromatic amines is 1. The van der Waals surface area contributed by atoms with Gasteiger partial charge in [0.2, 0.25) is 5.91 Å². The van der Waals surface area contributed by atoms with Crippen LogP contribution in [0.3, 0.4) is 0 Å². The van der Waals surface area contributed by atoms with Crippen molar-refractivity contribution in [3.63, 3.8) is 0 Å². The standard InChI is InChI=1S/C20H28N2O3/c1-5-14-7-6-8-17-15(10-21-19(14)17)9-18(23)22-11-16(12-24-4)25-20(2,3)13-22/h6-8,10,16,21H,5,9,11-13H2,1-4H3/t16-/m0/s1. The molecule has 25 heavy (non-hydrogen) atoms. The number of methoxy groups -OCH3 is 1. The fourth-order valence-corrected chi connectivity index (χ4v) is 3.75. The summed E-state index contributed by atoms with van der Waals surface area (Å²) in [5, 5.41) is 1.15. The summed E-state index contributed by atoms with van der Waals surface area (Å²) in [6, 6.07) is 6.28. The fourth-order valence-electron chi connectivity index (χ4n) is 3.75. The number of hydrogen-bond donors (Lipinski definition) is 1. The lowest BCUT2D eigenvalue weighted by molar-refractivity contribution is -0.168. The van der Waals surface area contributed by atoms with E-state index in [-0.39, 0.29) is 17.6 Å². The van der Waals surface area contributed by atoms with Gasteiger partial charge in [0.15, 0.2) is 0 Å². The molecule has 0 bridgehead atoms. The highest BCUT2D eigenvalue weighted by Crippen LogP contribution is 2.25. The van der Waals surface area contributed by atoms with Crippen LogP contribution in [0.15, 0.2) is 24.4 Å². The number of morpholine rings is 1. The van der Waals surface area contributed by atoms with Gasteiger partial charge in [0.1, 0.15) is 0 Å². The second-order valence-corrected chi connectivity index (χ2v) is 7.41. The SMILES string of the molecule is CCc1cccc2c(CC(=O)N3C[C@@H](COC)OC(C)(C)C3)c[nH]c12. The number of nitrogens with one attached hydrogen (secondary N) is 1. The van der Waals surface area contributed by atoms with E-state index in [1.807, 2.05) is 24.9 Å². The molecule has 1 fully saturated rings. The zero-order chi connectivity index (χ0) is 18.0. The van der Waals surface area contributed by atoms with Gasteiger partial charge in [0.25, 0.3) is 0 Å². The van der Waals surface area contributed by atoms with E-state index in [1.54, 1.807) is 7.11 Å². The van der Waals surface area contributed by atoms with E-state index in [0.29, 0.717) is 26.1 Å². The number of para-hydroxylation sites is 1. The molecule has 5 nitrogen and oxygen atoms in total. The summed E-state index contributed by atoms with van der Waals surface area (Å²) in [6.07, 6.45) is 3.28. The molecule has 1 atom stereocenters. The van der Waals surface area contributed by atoms with Crippen molar-refractivity contribution in [3.05, 3.63) is 35.5 Å². The minimum atomic E-state index is -0.354. The van der Waals surface area contributed by atoms with Gasteiger partial charge in [-0.15, -0.1) is 0 Å². The second-order valence-electron chi connectivity index (χ2n) is 7.41. The van der Waals surface area contributed by atoms with Crippen LogP contribution in [0.1, 0.15) is 31.9 Å². The van der Waals surface area contributed by atoms with Crippen LogP contribution < -0.4 is 0 Å². The molecule has 1 saturated heterocycles. The smallest absolute Gasteiger partial charge is 0.227 e. The molecule has 3 rings (SSSR count). The Hall–Kier alpha value is -1.85. The van der Waals surface area contributed by atoms with Crippen molar-refractivity contribution in [2.24, 2.45) is 0 Å². The van der Waals surface area contributed by atoms with Gasteiger partial charge in [-0.2, -0.15) is 0 Å². The number of benzene rings is 1. The van der Waals surface area contributed by atoms with Crippen LogP contribution in [0.2, 0.25) is 0 Å². The third-order valence-corrected chi connectivity index (χ3v) is 4.80. The number of ether oxygens (including phenoxy) is 2. The van der Waals surface area contributed by atoms with Gasteiger partial charge in [0.05, 0.1) is 24.7 Å². The van der Waals surface area contributed by atoms with Crippen LogP contribution in [0, 0.1) is 0 Å². The van der Waals surface area contributed by atoms with Crippen molar-refractivity contribution in [1.82, 2.24) is 9.88 Å². The van der Waals surface area contributed by atoms with E-state index in [1.165, 1.54) is 5.56 Å². The Morgan fingerprint density at radius 3 is 2.92 bits per heavy atom. The molecular weight excluding hydrogens is 316 g/mol. The highest BCUT2D eigenvalue weighted by atomic mass is 16.5. The second kappa shape index (κ2) is 7.18. The van der Waals surface area contributed by atoms with Crippen molar-refractivity contribution < 1.29 is 14.3 Å². The molecular formula is C20H28N2O3. The maximum Gasteiger partial charge on any atom is 0.227 e. The summed E-state index contributed by atoms with van der Waals surface area (Å²) >= 11 is 0. The van der Waals surface area contributed by atoms with Gasteiger partial charge in [-0.25, -0.2) is 0 Å². The topological polar surface area (TPSA) is 54.6 Å². The zero-order valence-electron chi connectivity index (χ0n) is 15.6. The summed E-state index contributed by atoms with van der Waals surface area (Å²) in [5.74, 6) is 0.139. The molecule has 0 unspecified atom stereocenters. The Morgan fingerprint density at radius 2 is 2.20 bits per heavy atom. The van der Waals surface area contributed by atoms with Crippen molar-refractivity contribution >= 4 is 16.8 Å². The summed E-state index contributed by atoms with van der Waals surface area (Å²) in [4.78, 5) is 18.2. The van der Waals surface area contributed by atoms with Crippen LogP contribution in [0.25, 0.3) is 10.9 Å². The molecule has 2 aromatic rings. The molecule has 0 saturated carbocycles. The number of amides is 1. The molecule has 1 N–H and O–H groups in total. The molecule has 0 spiro atoms. The molecule has 5 heteroatoms. The van der Waals surface area contributed by atoms with Gasteiger partial charge in [0, 0.05) is 37.3 Å². The highest BCUT2D eigenvalue weighted by Gasteiger charge is 2.35. The normalized spacial score (nSPS) is 20.2. The Kier molecular flexibility index (Phi) is 5.16. The summed E-state index contributed by atoms with van der Waals surface area (Å²) in [6.45, 7) is 7.88. The maximum absolute atomic E-state index is 12.9. The lowest BCUT2D eigenvalue weighted by atomic mass is 10.0. The van der Waals surface area contributed by atoms with Crippen molar-refractivity contribution in [3.8, 4) is 0 Å². The molecule has 1 aliphatic rings. The molecule has 1 amide bonds. The molecule has 0 radical (unpaired) electrons. The number of rotatable bonds is 5. The van der Waals surface area contributed by atoms with Gasteiger partial charge in [-0.05, 0) is 31.4 Å². The van der Waals surface area contributed by atoms with Crippen molar-refractivity contribution in [2.45, 2.75) is 45.3 Å². The predicted octanol–water partition coefficient (Wildman–Crippen LogP) is 2.93. The van der Waals surface area contributed by atoms with Crippen molar-refractivity contribution in [2.75, 3.05) is 26.8 Å². The number of carbonyl (C=O) groups excluding carboxylic acids is 1. The van der Waals surface area contributed by atoms with Gasteiger partial charge < -0.3 is 19.4 Å². The van der Waals surface area contributed by atoms with E-state index >= 15 is 0 Å². The van der Waals surface area contributed by atoms with Crippen LogP contribution in [0.4, 0.5) is 0 Å².